The number of carbonyl (C=O) groups is 3. The standard InChI is InChI=1S/C24H27N3O6/c1-6-27(20(29)15-25-23(31)33-24(2,3)4)21(18-9-7-8-10-19(18)28)22(30)26-16-11-13-17(32-5)14-12-16/h1,7-14,21,28H,15H2,2-5H3,(H,25,31)(H,26,30). The predicted octanol–water partition coefficient (Wildman–Crippen LogP) is 3.02. The lowest BCUT2D eigenvalue weighted by atomic mass is 10.0. The van der Waals surface area contributed by atoms with Crippen molar-refractivity contribution in [1.82, 2.24) is 10.2 Å². The Morgan fingerprint density at radius 2 is 1.76 bits per heavy atom. The molecule has 0 aliphatic heterocycles. The number of rotatable bonds is 7. The second-order valence-corrected chi connectivity index (χ2v) is 7.93. The number of hydrogen-bond donors (Lipinski definition) is 3. The van der Waals surface area contributed by atoms with Crippen LogP contribution in [0.5, 0.6) is 11.5 Å². The van der Waals surface area contributed by atoms with Crippen molar-refractivity contribution in [3.05, 3.63) is 54.1 Å². The van der Waals surface area contributed by atoms with E-state index in [9.17, 15) is 19.5 Å². The number of anilines is 1. The average molecular weight is 453 g/mol. The minimum Gasteiger partial charge on any atom is -0.508 e. The van der Waals surface area contributed by atoms with Crippen LogP contribution < -0.4 is 15.4 Å². The first-order chi connectivity index (χ1) is 15.6. The van der Waals surface area contributed by atoms with E-state index in [0.29, 0.717) is 11.4 Å². The van der Waals surface area contributed by atoms with Gasteiger partial charge in [0.25, 0.3) is 11.8 Å². The quantitative estimate of drug-likeness (QED) is 0.438. The zero-order chi connectivity index (χ0) is 24.6. The highest BCUT2D eigenvalue weighted by molar-refractivity contribution is 5.99. The van der Waals surface area contributed by atoms with Crippen LogP contribution in [0.4, 0.5) is 10.5 Å². The third kappa shape index (κ3) is 7.18. The lowest BCUT2D eigenvalue weighted by Gasteiger charge is -2.27. The van der Waals surface area contributed by atoms with Crippen molar-refractivity contribution < 1.29 is 29.0 Å². The molecule has 0 aliphatic rings. The van der Waals surface area contributed by atoms with Gasteiger partial charge in [0.05, 0.1) is 7.11 Å². The molecule has 0 bridgehead atoms. The topological polar surface area (TPSA) is 117 Å². The highest BCUT2D eigenvalue weighted by Crippen LogP contribution is 2.30. The van der Waals surface area contributed by atoms with Gasteiger partial charge < -0.3 is 25.2 Å². The maximum atomic E-state index is 13.2. The van der Waals surface area contributed by atoms with E-state index in [0.717, 1.165) is 4.90 Å². The van der Waals surface area contributed by atoms with E-state index in [1.54, 1.807) is 57.2 Å². The number of benzene rings is 2. The number of ether oxygens (including phenoxy) is 2. The molecule has 174 valence electrons. The number of para-hydroxylation sites is 1. The molecule has 1 atom stereocenters. The molecular formula is C24H27N3O6. The highest BCUT2D eigenvalue weighted by atomic mass is 16.6. The molecule has 0 heterocycles. The Morgan fingerprint density at radius 3 is 2.30 bits per heavy atom. The molecule has 0 saturated heterocycles. The molecule has 2 aromatic carbocycles. The third-order valence-electron chi connectivity index (χ3n) is 4.29. The Balaban J connectivity index is 2.28. The van der Waals surface area contributed by atoms with Crippen LogP contribution >= 0.6 is 0 Å². The summed E-state index contributed by atoms with van der Waals surface area (Å²) < 4.78 is 10.2. The SMILES string of the molecule is C#CN(C(=O)CNC(=O)OC(C)(C)C)C(C(=O)Nc1ccc(OC)cc1)c1ccccc1O. The van der Waals surface area contributed by atoms with Crippen molar-refractivity contribution >= 4 is 23.6 Å². The monoisotopic (exact) mass is 453 g/mol. The number of phenolic OH excluding ortho intramolecular Hbond substituents is 1. The number of terminal acetylenes is 1. The number of alkyl carbamates (subject to hydrolysis) is 1. The first kappa shape index (κ1) is 25.1. The van der Waals surface area contributed by atoms with Gasteiger partial charge in [0, 0.05) is 17.3 Å². The van der Waals surface area contributed by atoms with Gasteiger partial charge in [-0.1, -0.05) is 24.6 Å². The summed E-state index contributed by atoms with van der Waals surface area (Å²) in [4.78, 5) is 38.8. The number of aromatic hydroxyl groups is 1. The van der Waals surface area contributed by atoms with E-state index >= 15 is 0 Å². The number of hydrogen-bond acceptors (Lipinski definition) is 6. The Morgan fingerprint density at radius 1 is 1.12 bits per heavy atom. The number of methoxy groups -OCH3 is 1. The van der Waals surface area contributed by atoms with Gasteiger partial charge >= 0.3 is 6.09 Å². The summed E-state index contributed by atoms with van der Waals surface area (Å²) >= 11 is 0. The number of amides is 3. The molecule has 3 amide bonds. The van der Waals surface area contributed by atoms with Crippen LogP contribution in [0.25, 0.3) is 0 Å². The molecule has 33 heavy (non-hydrogen) atoms. The normalized spacial score (nSPS) is 11.5. The molecule has 9 heteroatoms. The Hall–Kier alpha value is -4.19. The molecule has 2 rings (SSSR count). The summed E-state index contributed by atoms with van der Waals surface area (Å²) in [6.07, 6.45) is 4.76. The van der Waals surface area contributed by atoms with Gasteiger partial charge in [-0.3, -0.25) is 14.5 Å². The molecule has 0 spiro atoms. The van der Waals surface area contributed by atoms with E-state index < -0.39 is 36.1 Å². The summed E-state index contributed by atoms with van der Waals surface area (Å²) in [5.41, 5.74) is -0.208. The third-order valence-corrected chi connectivity index (χ3v) is 4.29. The molecule has 3 N–H and O–H groups in total. The Labute approximate surface area is 192 Å². The number of nitrogens with zero attached hydrogens (tertiary/aromatic N) is 1. The van der Waals surface area contributed by atoms with Crippen LogP contribution in [-0.2, 0) is 14.3 Å². The highest BCUT2D eigenvalue weighted by Gasteiger charge is 2.33. The first-order valence-corrected chi connectivity index (χ1v) is 10.0. The fourth-order valence-corrected chi connectivity index (χ4v) is 2.84. The van der Waals surface area contributed by atoms with Crippen molar-refractivity contribution in [1.29, 1.82) is 0 Å². The Kier molecular flexibility index (Phi) is 8.29. The van der Waals surface area contributed by atoms with Gasteiger partial charge in [-0.15, -0.1) is 0 Å². The van der Waals surface area contributed by atoms with Gasteiger partial charge in [0.2, 0.25) is 0 Å². The fourth-order valence-electron chi connectivity index (χ4n) is 2.84. The van der Waals surface area contributed by atoms with Crippen LogP contribution in [0.15, 0.2) is 48.5 Å². The molecule has 0 aromatic heterocycles. The maximum absolute atomic E-state index is 13.2. The summed E-state index contributed by atoms with van der Waals surface area (Å²) in [6, 6.07) is 13.4. The van der Waals surface area contributed by atoms with E-state index in [-0.39, 0.29) is 11.3 Å². The minimum absolute atomic E-state index is 0.118. The second-order valence-electron chi connectivity index (χ2n) is 7.93. The summed E-state index contributed by atoms with van der Waals surface area (Å²) in [6.45, 7) is 4.53. The van der Waals surface area contributed by atoms with Crippen LogP contribution in [0.2, 0.25) is 0 Å². The molecule has 1 unspecified atom stereocenters. The smallest absolute Gasteiger partial charge is 0.408 e. The van der Waals surface area contributed by atoms with Crippen LogP contribution in [-0.4, -0.2) is 47.2 Å². The van der Waals surface area contributed by atoms with Gasteiger partial charge in [-0.2, -0.15) is 0 Å². The molecule has 2 aromatic rings. The summed E-state index contributed by atoms with van der Waals surface area (Å²) in [5.74, 6) is -1.04. The summed E-state index contributed by atoms with van der Waals surface area (Å²) in [5, 5.41) is 15.3. The second kappa shape index (κ2) is 10.9. The molecule has 9 nitrogen and oxygen atoms in total. The van der Waals surface area contributed by atoms with E-state index in [1.807, 2.05) is 0 Å². The predicted molar refractivity (Wildman–Crippen MR) is 122 cm³/mol. The van der Waals surface area contributed by atoms with Crippen molar-refractivity contribution in [2.45, 2.75) is 32.4 Å². The lowest BCUT2D eigenvalue weighted by Crippen LogP contribution is -2.44. The van der Waals surface area contributed by atoms with Crippen molar-refractivity contribution in [3.63, 3.8) is 0 Å². The number of nitrogens with one attached hydrogen (secondary N) is 2. The van der Waals surface area contributed by atoms with E-state index in [2.05, 4.69) is 16.7 Å². The molecule has 0 aliphatic carbocycles. The average Bonchev–Trinajstić information content (AvgIpc) is 2.75. The molecule has 0 saturated carbocycles. The molecule has 0 radical (unpaired) electrons. The largest absolute Gasteiger partial charge is 0.508 e. The minimum atomic E-state index is -1.37. The summed E-state index contributed by atoms with van der Waals surface area (Å²) in [7, 11) is 1.52. The lowest BCUT2D eigenvalue weighted by molar-refractivity contribution is -0.134. The van der Waals surface area contributed by atoms with Crippen LogP contribution in [0.1, 0.15) is 32.4 Å². The van der Waals surface area contributed by atoms with Crippen molar-refractivity contribution in [2.75, 3.05) is 19.0 Å². The van der Waals surface area contributed by atoms with Gasteiger partial charge in [-0.05, 0) is 51.1 Å². The van der Waals surface area contributed by atoms with Crippen LogP contribution in [0, 0.1) is 12.5 Å². The number of carbonyl (C=O) groups excluding carboxylic acids is 3. The number of phenols is 1. The molecular weight excluding hydrogens is 426 g/mol. The van der Waals surface area contributed by atoms with E-state index in [1.165, 1.54) is 19.2 Å². The zero-order valence-corrected chi connectivity index (χ0v) is 18.9. The maximum Gasteiger partial charge on any atom is 0.408 e. The van der Waals surface area contributed by atoms with Crippen molar-refractivity contribution in [3.8, 4) is 24.0 Å². The molecule has 0 fully saturated rings. The van der Waals surface area contributed by atoms with Gasteiger partial charge in [0.15, 0.2) is 6.04 Å². The Bertz CT molecular complexity index is 1040. The van der Waals surface area contributed by atoms with E-state index in [4.69, 9.17) is 15.9 Å². The van der Waals surface area contributed by atoms with Gasteiger partial charge in [-0.25, -0.2) is 4.79 Å². The zero-order valence-electron chi connectivity index (χ0n) is 18.9. The first-order valence-electron chi connectivity index (χ1n) is 10.0. The van der Waals surface area contributed by atoms with Crippen molar-refractivity contribution in [2.24, 2.45) is 0 Å². The fraction of sp³-hybridized carbons (Fsp3) is 0.292. The van der Waals surface area contributed by atoms with Crippen LogP contribution in [0.3, 0.4) is 0 Å². The van der Waals surface area contributed by atoms with Gasteiger partial charge in [0.1, 0.15) is 23.6 Å².